The molecule has 0 unspecified atom stereocenters. The molecule has 2 aromatic rings. The number of methoxy groups -OCH3 is 2. The van der Waals surface area contributed by atoms with Crippen molar-refractivity contribution in [3.63, 3.8) is 0 Å². The summed E-state index contributed by atoms with van der Waals surface area (Å²) in [6, 6.07) is 5.61. The molecule has 1 aromatic carbocycles. The number of Topliss-reactive ketones (excluding diaryl/α,β-unsaturated/α-hetero) is 1. The van der Waals surface area contributed by atoms with E-state index in [0.29, 0.717) is 37.3 Å². The first-order chi connectivity index (χ1) is 16.3. The summed E-state index contributed by atoms with van der Waals surface area (Å²) < 4.78 is 10.3. The zero-order valence-electron chi connectivity index (χ0n) is 19.8. The van der Waals surface area contributed by atoms with Crippen molar-refractivity contribution < 1.29 is 28.7 Å². The first-order valence-electron chi connectivity index (χ1n) is 11.7. The first-order valence-corrected chi connectivity index (χ1v) is 11.7. The predicted molar refractivity (Wildman–Crippen MR) is 124 cm³/mol. The third-order valence-electron chi connectivity index (χ3n) is 6.90. The number of likely N-dealkylation sites (tertiary alicyclic amines) is 1. The quantitative estimate of drug-likeness (QED) is 0.602. The molecule has 2 fully saturated rings. The molecule has 34 heavy (non-hydrogen) atoms. The molecule has 2 heterocycles. The van der Waals surface area contributed by atoms with Crippen LogP contribution < -0.4 is 10.1 Å². The van der Waals surface area contributed by atoms with Crippen LogP contribution in [0.5, 0.6) is 5.75 Å². The minimum absolute atomic E-state index is 0.115. The fraction of sp³-hybridized carbons (Fsp3) is 0.520. The number of amides is 2. The monoisotopic (exact) mass is 469 g/mol. The first kappa shape index (κ1) is 23.8. The molecule has 1 saturated heterocycles. The molecule has 1 aliphatic heterocycles. The van der Waals surface area contributed by atoms with E-state index >= 15 is 0 Å². The highest BCUT2D eigenvalue weighted by Gasteiger charge is 2.41. The number of hydrogen-bond donors (Lipinski definition) is 2. The summed E-state index contributed by atoms with van der Waals surface area (Å²) in [6.07, 6.45) is 2.71. The van der Waals surface area contributed by atoms with Gasteiger partial charge in [-0.1, -0.05) is 13.0 Å². The van der Waals surface area contributed by atoms with E-state index in [2.05, 4.69) is 10.3 Å². The summed E-state index contributed by atoms with van der Waals surface area (Å²) in [5.74, 6) is -0.657. The van der Waals surface area contributed by atoms with Crippen molar-refractivity contribution in [3.8, 4) is 5.75 Å². The molecule has 1 aliphatic carbocycles. The number of nitrogens with zero attached hydrogens (tertiary/aromatic N) is 1. The third kappa shape index (κ3) is 4.64. The fourth-order valence-electron chi connectivity index (χ4n) is 5.14. The van der Waals surface area contributed by atoms with Crippen molar-refractivity contribution in [1.29, 1.82) is 0 Å². The van der Waals surface area contributed by atoms with Gasteiger partial charge in [0.2, 0.25) is 5.91 Å². The molecule has 0 radical (unpaired) electrons. The number of hydrogen-bond acceptors (Lipinski definition) is 6. The molecular formula is C25H31N3O6. The van der Waals surface area contributed by atoms with Crippen molar-refractivity contribution in [2.24, 2.45) is 11.8 Å². The standard InChI is InChI=1S/C25H31N3O6/c1-14-10-20(23(30)27-19(25(32)34-3)11-15-6-4-8-21(15)29)28(13-14)24(31)18-12-16-17(26-18)7-5-9-22(16)33-2/h5,7,9,12,14-15,19-20,26H,4,6,8,10-11,13H2,1-3H3,(H,27,30)/t14-,15+,19+,20+/m1/s1. The van der Waals surface area contributed by atoms with Gasteiger partial charge in [0, 0.05) is 29.8 Å². The van der Waals surface area contributed by atoms with Crippen molar-refractivity contribution in [3.05, 3.63) is 30.0 Å². The van der Waals surface area contributed by atoms with E-state index in [1.165, 1.54) is 7.11 Å². The van der Waals surface area contributed by atoms with E-state index < -0.39 is 24.0 Å². The molecule has 2 N–H and O–H groups in total. The zero-order chi connectivity index (χ0) is 24.4. The van der Waals surface area contributed by atoms with E-state index in [1.807, 2.05) is 25.1 Å². The molecule has 4 atom stereocenters. The van der Waals surface area contributed by atoms with Crippen LogP contribution in [0.1, 0.15) is 49.5 Å². The Hall–Kier alpha value is -3.36. The molecule has 0 bridgehead atoms. The number of benzene rings is 1. The number of nitrogens with one attached hydrogen (secondary N) is 2. The largest absolute Gasteiger partial charge is 0.496 e. The van der Waals surface area contributed by atoms with E-state index in [0.717, 1.165) is 17.3 Å². The van der Waals surface area contributed by atoms with Gasteiger partial charge in [-0.25, -0.2) is 4.79 Å². The summed E-state index contributed by atoms with van der Waals surface area (Å²) in [7, 11) is 2.83. The van der Waals surface area contributed by atoms with Crippen LogP contribution in [-0.2, 0) is 19.1 Å². The number of rotatable bonds is 7. The molecule has 182 valence electrons. The number of esters is 1. The number of H-pyrrole nitrogens is 1. The Kier molecular flexibility index (Phi) is 6.90. The maximum absolute atomic E-state index is 13.4. The highest BCUT2D eigenvalue weighted by molar-refractivity contribution is 6.02. The molecule has 2 aliphatic rings. The van der Waals surface area contributed by atoms with Gasteiger partial charge >= 0.3 is 5.97 Å². The molecule has 9 nitrogen and oxygen atoms in total. The van der Waals surface area contributed by atoms with Crippen LogP contribution in [0.4, 0.5) is 0 Å². The minimum atomic E-state index is -0.922. The van der Waals surface area contributed by atoms with Crippen LogP contribution in [0.3, 0.4) is 0 Å². The highest BCUT2D eigenvalue weighted by atomic mass is 16.5. The lowest BCUT2D eigenvalue weighted by molar-refractivity contribution is -0.146. The van der Waals surface area contributed by atoms with Crippen molar-refractivity contribution in [2.75, 3.05) is 20.8 Å². The van der Waals surface area contributed by atoms with Crippen LogP contribution in [0, 0.1) is 11.8 Å². The van der Waals surface area contributed by atoms with Gasteiger partial charge in [0.15, 0.2) is 0 Å². The summed E-state index contributed by atoms with van der Waals surface area (Å²) >= 11 is 0. The summed E-state index contributed by atoms with van der Waals surface area (Å²) in [5, 5.41) is 3.55. The lowest BCUT2D eigenvalue weighted by Crippen LogP contribution is -2.51. The Labute approximate surface area is 198 Å². The Morgan fingerprint density at radius 3 is 2.74 bits per heavy atom. The van der Waals surface area contributed by atoms with Crippen LogP contribution in [-0.4, -0.2) is 66.3 Å². The van der Waals surface area contributed by atoms with Gasteiger partial charge in [0.1, 0.15) is 29.3 Å². The maximum atomic E-state index is 13.4. The normalized spacial score (nSPS) is 23.2. The number of ether oxygens (including phenoxy) is 2. The van der Waals surface area contributed by atoms with E-state index in [4.69, 9.17) is 9.47 Å². The van der Waals surface area contributed by atoms with E-state index in [9.17, 15) is 19.2 Å². The molecule has 1 saturated carbocycles. The van der Waals surface area contributed by atoms with Gasteiger partial charge in [-0.2, -0.15) is 0 Å². The van der Waals surface area contributed by atoms with E-state index in [-0.39, 0.29) is 29.9 Å². The van der Waals surface area contributed by atoms with Gasteiger partial charge in [-0.15, -0.1) is 0 Å². The predicted octanol–water partition coefficient (Wildman–Crippen LogP) is 2.44. The lowest BCUT2D eigenvalue weighted by Gasteiger charge is -2.26. The van der Waals surface area contributed by atoms with Crippen LogP contribution in [0.2, 0.25) is 0 Å². The van der Waals surface area contributed by atoms with Gasteiger partial charge in [-0.3, -0.25) is 14.4 Å². The minimum Gasteiger partial charge on any atom is -0.496 e. The Morgan fingerprint density at radius 1 is 1.26 bits per heavy atom. The highest BCUT2D eigenvalue weighted by Crippen LogP contribution is 2.30. The number of aromatic amines is 1. The third-order valence-corrected chi connectivity index (χ3v) is 6.90. The van der Waals surface area contributed by atoms with Gasteiger partial charge in [0.05, 0.1) is 14.2 Å². The summed E-state index contributed by atoms with van der Waals surface area (Å²) in [5.41, 5.74) is 1.13. The Morgan fingerprint density at radius 2 is 2.06 bits per heavy atom. The molecule has 2 amide bonds. The SMILES string of the molecule is COC(=O)[C@H](C[C@@H]1CCCC1=O)NC(=O)[C@@H]1C[C@@H](C)CN1C(=O)c1cc2c(OC)cccc2[nH]1. The smallest absolute Gasteiger partial charge is 0.328 e. The molecule has 4 rings (SSSR count). The number of carbonyl (C=O) groups is 4. The number of aromatic nitrogens is 1. The second-order valence-electron chi connectivity index (χ2n) is 9.29. The average Bonchev–Trinajstić information content (AvgIpc) is 3.55. The Bertz CT molecular complexity index is 1110. The van der Waals surface area contributed by atoms with Crippen LogP contribution in [0.15, 0.2) is 24.3 Å². The number of fused-ring (bicyclic) bond motifs is 1. The Balaban J connectivity index is 1.52. The molecule has 1 aromatic heterocycles. The van der Waals surface area contributed by atoms with Gasteiger partial charge < -0.3 is 24.7 Å². The van der Waals surface area contributed by atoms with Gasteiger partial charge in [-0.05, 0) is 49.8 Å². The molecular weight excluding hydrogens is 438 g/mol. The second kappa shape index (κ2) is 9.87. The fourth-order valence-corrected chi connectivity index (χ4v) is 5.14. The zero-order valence-corrected chi connectivity index (χ0v) is 19.8. The number of carbonyl (C=O) groups excluding carboxylic acids is 4. The van der Waals surface area contributed by atoms with Crippen molar-refractivity contribution in [1.82, 2.24) is 15.2 Å². The summed E-state index contributed by atoms with van der Waals surface area (Å²) in [6.45, 7) is 2.41. The van der Waals surface area contributed by atoms with Gasteiger partial charge in [0.25, 0.3) is 5.91 Å². The lowest BCUT2D eigenvalue weighted by atomic mass is 9.97. The van der Waals surface area contributed by atoms with E-state index in [1.54, 1.807) is 18.1 Å². The van der Waals surface area contributed by atoms with Crippen LogP contribution >= 0.6 is 0 Å². The second-order valence-corrected chi connectivity index (χ2v) is 9.29. The molecule has 9 heteroatoms. The summed E-state index contributed by atoms with van der Waals surface area (Å²) in [4.78, 5) is 55.8. The van der Waals surface area contributed by atoms with Crippen molar-refractivity contribution >= 4 is 34.5 Å². The topological polar surface area (TPSA) is 118 Å². The maximum Gasteiger partial charge on any atom is 0.328 e. The average molecular weight is 470 g/mol. The van der Waals surface area contributed by atoms with Crippen LogP contribution in [0.25, 0.3) is 10.9 Å². The molecule has 0 spiro atoms. The van der Waals surface area contributed by atoms with Crippen molar-refractivity contribution in [2.45, 2.75) is 51.1 Å². The number of ketones is 1.